The molecule has 0 bridgehead atoms. The lowest BCUT2D eigenvalue weighted by molar-refractivity contribution is 0.199. The second-order valence-corrected chi connectivity index (χ2v) is 5.28. The Balaban J connectivity index is 2.86. The number of ether oxygens (including phenoxy) is 1. The van der Waals surface area contributed by atoms with E-state index in [1.165, 1.54) is 70.6 Å². The average Bonchev–Trinajstić information content (AvgIpc) is 2.39. The summed E-state index contributed by atoms with van der Waals surface area (Å²) in [7, 11) is 1.75. The van der Waals surface area contributed by atoms with Gasteiger partial charge < -0.3 is 10.1 Å². The normalized spacial score (nSPS) is 11.0. The van der Waals surface area contributed by atoms with E-state index in [0.29, 0.717) is 0 Å². The topological polar surface area (TPSA) is 21.3 Å². The van der Waals surface area contributed by atoms with Gasteiger partial charge in [0.2, 0.25) is 0 Å². The minimum absolute atomic E-state index is 0.831. The molecule has 0 unspecified atom stereocenters. The molecule has 0 amide bonds. The Labute approximate surface area is 115 Å². The summed E-state index contributed by atoms with van der Waals surface area (Å²) in [5.74, 6) is 0. The molecule has 0 saturated carbocycles. The lowest BCUT2D eigenvalue weighted by atomic mass is 10.1. The molecule has 0 aromatic heterocycles. The Bertz CT molecular complexity index is 123. The van der Waals surface area contributed by atoms with E-state index in [9.17, 15) is 0 Å². The monoisotopic (exact) mass is 257 g/mol. The lowest BCUT2D eigenvalue weighted by Crippen LogP contribution is -2.20. The van der Waals surface area contributed by atoms with Crippen LogP contribution in [0.1, 0.15) is 77.6 Å². The molecule has 18 heavy (non-hydrogen) atoms. The van der Waals surface area contributed by atoms with E-state index in [1.807, 2.05) is 0 Å². The third-order valence-electron chi connectivity index (χ3n) is 3.44. The van der Waals surface area contributed by atoms with Crippen molar-refractivity contribution in [2.75, 3.05) is 26.8 Å². The molecule has 2 nitrogen and oxygen atoms in total. The van der Waals surface area contributed by atoms with Crippen molar-refractivity contribution in [2.45, 2.75) is 77.6 Å². The van der Waals surface area contributed by atoms with Crippen molar-refractivity contribution in [1.29, 1.82) is 0 Å². The summed E-state index contributed by atoms with van der Waals surface area (Å²) in [5, 5.41) is 3.39. The van der Waals surface area contributed by atoms with Crippen LogP contribution in [-0.4, -0.2) is 26.8 Å². The van der Waals surface area contributed by atoms with E-state index in [1.54, 1.807) is 7.11 Å². The van der Waals surface area contributed by atoms with Crippen LogP contribution < -0.4 is 5.32 Å². The van der Waals surface area contributed by atoms with Crippen LogP contribution in [0.2, 0.25) is 0 Å². The smallest absolute Gasteiger partial charge is 0.0587 e. The summed E-state index contributed by atoms with van der Waals surface area (Å²) >= 11 is 0. The number of unbranched alkanes of at least 4 members (excludes halogenated alkanes) is 10. The van der Waals surface area contributed by atoms with Gasteiger partial charge >= 0.3 is 0 Å². The zero-order chi connectivity index (χ0) is 13.3. The van der Waals surface area contributed by atoms with Crippen molar-refractivity contribution in [2.24, 2.45) is 0 Å². The minimum Gasteiger partial charge on any atom is -0.383 e. The Kier molecular flexibility index (Phi) is 16.8. The predicted molar refractivity (Wildman–Crippen MR) is 81.2 cm³/mol. The summed E-state index contributed by atoms with van der Waals surface area (Å²) < 4.78 is 4.99. The highest BCUT2D eigenvalue weighted by molar-refractivity contribution is 4.50. The number of nitrogens with one attached hydrogen (secondary N) is 1. The van der Waals surface area contributed by atoms with Crippen molar-refractivity contribution in [3.63, 3.8) is 0 Å². The molecule has 0 aromatic rings. The van der Waals surface area contributed by atoms with Crippen molar-refractivity contribution in [1.82, 2.24) is 5.32 Å². The average molecular weight is 257 g/mol. The van der Waals surface area contributed by atoms with Gasteiger partial charge in [-0.15, -0.1) is 0 Å². The van der Waals surface area contributed by atoms with Gasteiger partial charge in [-0.2, -0.15) is 0 Å². The number of hydrogen-bond donors (Lipinski definition) is 1. The van der Waals surface area contributed by atoms with Crippen LogP contribution in [0.15, 0.2) is 0 Å². The van der Waals surface area contributed by atoms with Crippen molar-refractivity contribution in [3.8, 4) is 0 Å². The second-order valence-electron chi connectivity index (χ2n) is 5.28. The van der Waals surface area contributed by atoms with E-state index in [2.05, 4.69) is 12.2 Å². The third kappa shape index (κ3) is 15.9. The van der Waals surface area contributed by atoms with Crippen molar-refractivity contribution in [3.05, 3.63) is 0 Å². The van der Waals surface area contributed by atoms with Gasteiger partial charge in [0.05, 0.1) is 6.61 Å². The minimum atomic E-state index is 0.831. The molecular formula is C16H35NO. The zero-order valence-electron chi connectivity index (χ0n) is 12.8. The van der Waals surface area contributed by atoms with Crippen LogP contribution in [0.5, 0.6) is 0 Å². The van der Waals surface area contributed by atoms with Gasteiger partial charge in [0.25, 0.3) is 0 Å². The second kappa shape index (κ2) is 16.9. The highest BCUT2D eigenvalue weighted by Crippen LogP contribution is 2.10. The van der Waals surface area contributed by atoms with Gasteiger partial charge in [0, 0.05) is 13.7 Å². The van der Waals surface area contributed by atoms with E-state index < -0.39 is 0 Å². The van der Waals surface area contributed by atoms with E-state index in [-0.39, 0.29) is 0 Å². The van der Waals surface area contributed by atoms with Gasteiger partial charge in [-0.3, -0.25) is 0 Å². The van der Waals surface area contributed by atoms with Gasteiger partial charge in [-0.05, 0) is 13.0 Å². The highest BCUT2D eigenvalue weighted by atomic mass is 16.5. The first-order valence-corrected chi connectivity index (χ1v) is 8.11. The summed E-state index contributed by atoms with van der Waals surface area (Å²) in [6.45, 7) is 5.26. The molecule has 0 fully saturated rings. The molecule has 0 rings (SSSR count). The Morgan fingerprint density at radius 1 is 0.667 bits per heavy atom. The molecule has 0 atom stereocenters. The number of rotatable bonds is 15. The van der Waals surface area contributed by atoms with Gasteiger partial charge in [-0.25, -0.2) is 0 Å². The zero-order valence-corrected chi connectivity index (χ0v) is 12.8. The molecule has 0 aliphatic carbocycles. The summed E-state index contributed by atoms with van der Waals surface area (Å²) in [4.78, 5) is 0. The summed E-state index contributed by atoms with van der Waals surface area (Å²) in [6.07, 6.45) is 15.6. The van der Waals surface area contributed by atoms with Crippen LogP contribution in [-0.2, 0) is 4.74 Å². The standard InChI is InChI=1S/C16H35NO/c1-3-4-5-6-7-8-9-10-11-12-13-14-17-15-16-18-2/h17H,3-16H2,1-2H3. The molecule has 0 radical (unpaired) electrons. The number of hydrogen-bond acceptors (Lipinski definition) is 2. The maximum absolute atomic E-state index is 4.99. The van der Waals surface area contributed by atoms with Crippen LogP contribution >= 0.6 is 0 Å². The fourth-order valence-electron chi connectivity index (χ4n) is 2.21. The fraction of sp³-hybridized carbons (Fsp3) is 1.00. The van der Waals surface area contributed by atoms with Crippen molar-refractivity contribution < 1.29 is 4.74 Å². The Morgan fingerprint density at radius 3 is 1.67 bits per heavy atom. The summed E-state index contributed by atoms with van der Waals surface area (Å²) in [6, 6.07) is 0. The Hall–Kier alpha value is -0.0800. The fourth-order valence-corrected chi connectivity index (χ4v) is 2.21. The lowest BCUT2D eigenvalue weighted by Gasteiger charge is -2.04. The first-order valence-electron chi connectivity index (χ1n) is 8.11. The molecule has 1 N–H and O–H groups in total. The van der Waals surface area contributed by atoms with Gasteiger partial charge in [0.15, 0.2) is 0 Å². The molecule has 0 aliphatic rings. The maximum atomic E-state index is 4.99. The largest absolute Gasteiger partial charge is 0.383 e. The summed E-state index contributed by atoms with van der Waals surface area (Å²) in [5.41, 5.74) is 0. The number of methoxy groups -OCH3 is 1. The molecular weight excluding hydrogens is 222 g/mol. The van der Waals surface area contributed by atoms with Crippen LogP contribution in [0.4, 0.5) is 0 Å². The first-order chi connectivity index (χ1) is 8.91. The third-order valence-corrected chi connectivity index (χ3v) is 3.44. The predicted octanol–water partition coefficient (Wildman–Crippen LogP) is 4.53. The van der Waals surface area contributed by atoms with E-state index in [4.69, 9.17) is 4.74 Å². The van der Waals surface area contributed by atoms with Crippen LogP contribution in [0.25, 0.3) is 0 Å². The molecule has 0 spiro atoms. The maximum Gasteiger partial charge on any atom is 0.0587 e. The molecule has 110 valence electrons. The van der Waals surface area contributed by atoms with Gasteiger partial charge in [-0.1, -0.05) is 71.1 Å². The van der Waals surface area contributed by atoms with Gasteiger partial charge in [0.1, 0.15) is 0 Å². The van der Waals surface area contributed by atoms with Crippen molar-refractivity contribution >= 4 is 0 Å². The van der Waals surface area contributed by atoms with Crippen LogP contribution in [0.3, 0.4) is 0 Å². The molecule has 0 aromatic carbocycles. The molecule has 2 heteroatoms. The molecule has 0 saturated heterocycles. The van der Waals surface area contributed by atoms with Crippen LogP contribution in [0, 0.1) is 0 Å². The SMILES string of the molecule is CCCCCCCCCCCCCNCCOC. The highest BCUT2D eigenvalue weighted by Gasteiger charge is 1.93. The molecule has 0 aliphatic heterocycles. The molecule has 0 heterocycles. The quantitative estimate of drug-likeness (QED) is 0.435. The Morgan fingerprint density at radius 2 is 1.17 bits per heavy atom. The first kappa shape index (κ1) is 17.9. The van der Waals surface area contributed by atoms with E-state index >= 15 is 0 Å². The van der Waals surface area contributed by atoms with E-state index in [0.717, 1.165) is 19.7 Å².